The summed E-state index contributed by atoms with van der Waals surface area (Å²) in [5.74, 6) is -1.57. The maximum absolute atomic E-state index is 13.8. The molecule has 0 heterocycles. The van der Waals surface area contributed by atoms with Gasteiger partial charge in [0.15, 0.2) is 0 Å². The lowest BCUT2D eigenvalue weighted by molar-refractivity contribution is 0.0456. The summed E-state index contributed by atoms with van der Waals surface area (Å²) in [5.41, 5.74) is -1.44. The predicted molar refractivity (Wildman–Crippen MR) is 67.1 cm³/mol. The summed E-state index contributed by atoms with van der Waals surface area (Å²) in [7, 11) is 0. The molecule has 0 spiro atoms. The van der Waals surface area contributed by atoms with Crippen LogP contribution in [0.15, 0.2) is 18.2 Å². The second-order valence-electron chi connectivity index (χ2n) is 5.22. The molecule has 0 aliphatic heterocycles. The maximum Gasteiger partial charge on any atom is 0.132 e. The third-order valence-corrected chi connectivity index (χ3v) is 4.02. The van der Waals surface area contributed by atoms with Gasteiger partial charge in [0.05, 0.1) is 17.0 Å². The van der Waals surface area contributed by atoms with Crippen LogP contribution in [0.4, 0.5) is 8.78 Å². The van der Waals surface area contributed by atoms with E-state index in [1.165, 1.54) is 6.07 Å². The Balaban J connectivity index is 2.40. The van der Waals surface area contributed by atoms with Crippen molar-refractivity contribution in [1.29, 1.82) is 5.26 Å². The number of rotatable bonds is 2. The van der Waals surface area contributed by atoms with E-state index in [0.29, 0.717) is 12.8 Å². The van der Waals surface area contributed by atoms with E-state index in [1.807, 2.05) is 0 Å². The van der Waals surface area contributed by atoms with Gasteiger partial charge in [0.25, 0.3) is 0 Å². The number of aliphatic hydroxyl groups is 1. The van der Waals surface area contributed by atoms with Crippen molar-refractivity contribution >= 4 is 0 Å². The zero-order valence-corrected chi connectivity index (χ0v) is 10.7. The molecule has 102 valence electrons. The second-order valence-corrected chi connectivity index (χ2v) is 5.22. The zero-order valence-electron chi connectivity index (χ0n) is 10.7. The molecule has 0 aromatic heterocycles. The van der Waals surface area contributed by atoms with Crippen LogP contribution in [0.25, 0.3) is 0 Å². The molecule has 0 amide bonds. The Hall–Kier alpha value is -1.47. The van der Waals surface area contributed by atoms with E-state index in [4.69, 9.17) is 0 Å². The van der Waals surface area contributed by atoms with Crippen LogP contribution in [0.5, 0.6) is 0 Å². The van der Waals surface area contributed by atoms with Gasteiger partial charge in [0.1, 0.15) is 17.7 Å². The Kier molecular flexibility index (Phi) is 4.16. The normalized spacial score (nSPS) is 20.3. The molecular weight excluding hydrogens is 248 g/mol. The Morgan fingerprint density at radius 3 is 2.11 bits per heavy atom. The summed E-state index contributed by atoms with van der Waals surface area (Å²) in [6.07, 6.45) is 3.17. The Morgan fingerprint density at radius 2 is 1.63 bits per heavy atom. The fraction of sp³-hybridized carbons (Fsp3) is 0.533. The highest BCUT2D eigenvalue weighted by molar-refractivity contribution is 5.26. The molecule has 1 aliphatic rings. The summed E-state index contributed by atoms with van der Waals surface area (Å²) >= 11 is 0. The van der Waals surface area contributed by atoms with Gasteiger partial charge in [-0.3, -0.25) is 0 Å². The average molecular weight is 265 g/mol. The number of aliphatic hydroxyl groups excluding tert-OH is 1. The van der Waals surface area contributed by atoms with Gasteiger partial charge in [0.2, 0.25) is 0 Å². The maximum atomic E-state index is 13.8. The highest BCUT2D eigenvalue weighted by Crippen LogP contribution is 2.45. The van der Waals surface area contributed by atoms with Crippen LogP contribution >= 0.6 is 0 Å². The smallest absolute Gasteiger partial charge is 0.132 e. The highest BCUT2D eigenvalue weighted by atomic mass is 19.1. The van der Waals surface area contributed by atoms with E-state index in [-0.39, 0.29) is 5.56 Å². The standard InChI is InChI=1S/C15H17F2NO/c16-11-6-5-7-12(17)13(11)14(19)15(10-18)8-3-1-2-4-9-15/h5-7,14,19H,1-4,8-9H2. The van der Waals surface area contributed by atoms with Gasteiger partial charge in [-0.2, -0.15) is 5.26 Å². The molecule has 0 bridgehead atoms. The van der Waals surface area contributed by atoms with Crippen LogP contribution in [0.3, 0.4) is 0 Å². The van der Waals surface area contributed by atoms with Crippen molar-refractivity contribution in [3.05, 3.63) is 35.4 Å². The van der Waals surface area contributed by atoms with Crippen molar-refractivity contribution < 1.29 is 13.9 Å². The zero-order chi connectivity index (χ0) is 13.9. The first kappa shape index (κ1) is 14.0. The van der Waals surface area contributed by atoms with E-state index in [1.54, 1.807) is 0 Å². The van der Waals surface area contributed by atoms with Crippen molar-refractivity contribution in [1.82, 2.24) is 0 Å². The fourth-order valence-corrected chi connectivity index (χ4v) is 2.85. The van der Waals surface area contributed by atoms with Crippen molar-refractivity contribution in [3.63, 3.8) is 0 Å². The number of hydrogen-bond acceptors (Lipinski definition) is 2. The lowest BCUT2D eigenvalue weighted by Crippen LogP contribution is -2.28. The van der Waals surface area contributed by atoms with E-state index >= 15 is 0 Å². The fourth-order valence-electron chi connectivity index (χ4n) is 2.85. The molecule has 1 unspecified atom stereocenters. The van der Waals surface area contributed by atoms with Crippen LogP contribution in [0, 0.1) is 28.4 Å². The summed E-state index contributed by atoms with van der Waals surface area (Å²) in [4.78, 5) is 0. The first-order chi connectivity index (χ1) is 9.10. The van der Waals surface area contributed by atoms with Gasteiger partial charge in [-0.15, -0.1) is 0 Å². The first-order valence-corrected chi connectivity index (χ1v) is 6.64. The molecule has 0 saturated heterocycles. The van der Waals surface area contributed by atoms with Crippen molar-refractivity contribution in [2.75, 3.05) is 0 Å². The van der Waals surface area contributed by atoms with Crippen LogP contribution in [0.2, 0.25) is 0 Å². The summed E-state index contributed by atoms with van der Waals surface area (Å²) < 4.78 is 27.5. The number of hydrogen-bond donors (Lipinski definition) is 1. The average Bonchev–Trinajstić information content (AvgIpc) is 2.64. The largest absolute Gasteiger partial charge is 0.387 e. The number of halogens is 2. The van der Waals surface area contributed by atoms with Crippen molar-refractivity contribution in [3.8, 4) is 6.07 Å². The minimum absolute atomic E-state index is 0.369. The third-order valence-electron chi connectivity index (χ3n) is 4.02. The molecule has 1 aliphatic carbocycles. The first-order valence-electron chi connectivity index (χ1n) is 6.64. The third kappa shape index (κ3) is 2.62. The van der Waals surface area contributed by atoms with Gasteiger partial charge in [-0.05, 0) is 25.0 Å². The lowest BCUT2D eigenvalue weighted by atomic mass is 9.74. The molecule has 1 aromatic rings. The SMILES string of the molecule is N#CC1(C(O)c2c(F)cccc2F)CCCCCC1. The molecule has 1 fully saturated rings. The molecule has 4 heteroatoms. The predicted octanol–water partition coefficient (Wildman–Crippen LogP) is 3.86. The lowest BCUT2D eigenvalue weighted by Gasteiger charge is -2.31. The minimum Gasteiger partial charge on any atom is -0.387 e. The quantitative estimate of drug-likeness (QED) is 0.825. The molecule has 2 nitrogen and oxygen atoms in total. The van der Waals surface area contributed by atoms with Gasteiger partial charge in [0, 0.05) is 0 Å². The molecule has 1 saturated carbocycles. The summed E-state index contributed by atoms with van der Waals surface area (Å²) in [6.45, 7) is 0. The van der Waals surface area contributed by atoms with Crippen LogP contribution in [0.1, 0.15) is 50.2 Å². The molecule has 1 aromatic carbocycles. The van der Waals surface area contributed by atoms with Crippen LogP contribution < -0.4 is 0 Å². The van der Waals surface area contributed by atoms with Gasteiger partial charge >= 0.3 is 0 Å². The summed E-state index contributed by atoms with van der Waals surface area (Å²) in [6, 6.07) is 5.61. The second kappa shape index (κ2) is 5.66. The molecule has 19 heavy (non-hydrogen) atoms. The van der Waals surface area contributed by atoms with E-state index in [2.05, 4.69) is 6.07 Å². The molecule has 1 atom stereocenters. The van der Waals surface area contributed by atoms with Gasteiger partial charge < -0.3 is 5.11 Å². The molecule has 1 N–H and O–H groups in total. The number of benzene rings is 1. The van der Waals surface area contributed by atoms with E-state index in [9.17, 15) is 19.1 Å². The van der Waals surface area contributed by atoms with E-state index < -0.39 is 23.2 Å². The number of nitriles is 1. The Bertz CT molecular complexity index is 467. The van der Waals surface area contributed by atoms with Crippen molar-refractivity contribution in [2.24, 2.45) is 5.41 Å². The minimum atomic E-state index is -1.41. The van der Waals surface area contributed by atoms with Gasteiger partial charge in [-0.25, -0.2) is 8.78 Å². The van der Waals surface area contributed by atoms with E-state index in [0.717, 1.165) is 37.8 Å². The molecule has 2 rings (SSSR count). The van der Waals surface area contributed by atoms with Gasteiger partial charge in [-0.1, -0.05) is 31.7 Å². The molecule has 0 radical (unpaired) electrons. The van der Waals surface area contributed by atoms with Crippen LogP contribution in [-0.2, 0) is 0 Å². The van der Waals surface area contributed by atoms with Crippen LogP contribution in [-0.4, -0.2) is 5.11 Å². The van der Waals surface area contributed by atoms with Crippen molar-refractivity contribution in [2.45, 2.75) is 44.6 Å². The Morgan fingerprint density at radius 1 is 1.11 bits per heavy atom. The molecular formula is C15H17F2NO. The Labute approximate surface area is 111 Å². The number of nitrogens with zero attached hydrogens (tertiary/aromatic N) is 1. The topological polar surface area (TPSA) is 44.0 Å². The monoisotopic (exact) mass is 265 g/mol. The summed E-state index contributed by atoms with van der Waals surface area (Å²) in [5, 5.41) is 19.8. The highest BCUT2D eigenvalue weighted by Gasteiger charge is 2.41.